The van der Waals surface area contributed by atoms with Crippen LogP contribution in [0.3, 0.4) is 0 Å². The fourth-order valence-electron chi connectivity index (χ4n) is 3.12. The number of pyridine rings is 1. The van der Waals surface area contributed by atoms with E-state index >= 15 is 0 Å². The molecular weight excluding hydrogens is 278 g/mol. The molecule has 1 heterocycles. The van der Waals surface area contributed by atoms with Crippen LogP contribution in [0.1, 0.15) is 42.5 Å². The number of aromatic nitrogens is 1. The van der Waals surface area contributed by atoms with Crippen molar-refractivity contribution in [2.75, 3.05) is 12.4 Å². The number of carbonyl (C=O) groups excluding carboxylic acids is 1. The SMILES string of the molecule is COc1cc2c(NC3CCCCC3)nccc2cc1C(N)=O. The summed E-state index contributed by atoms with van der Waals surface area (Å²) in [4.78, 5) is 16.0. The van der Waals surface area contributed by atoms with Crippen LogP contribution in [0, 0.1) is 0 Å². The number of fused-ring (bicyclic) bond motifs is 1. The normalized spacial score (nSPS) is 15.7. The van der Waals surface area contributed by atoms with E-state index in [-0.39, 0.29) is 0 Å². The van der Waals surface area contributed by atoms with E-state index in [2.05, 4.69) is 10.3 Å². The number of ether oxygens (including phenoxy) is 1. The number of hydrogen-bond donors (Lipinski definition) is 2. The number of primary amides is 1. The predicted molar refractivity (Wildman–Crippen MR) is 87.3 cm³/mol. The number of nitrogens with two attached hydrogens (primary N) is 1. The third-order valence-corrected chi connectivity index (χ3v) is 4.30. The molecule has 0 saturated heterocycles. The first kappa shape index (κ1) is 14.6. The summed E-state index contributed by atoms with van der Waals surface area (Å²) >= 11 is 0. The van der Waals surface area contributed by atoms with Gasteiger partial charge in [-0.2, -0.15) is 0 Å². The highest BCUT2D eigenvalue weighted by Gasteiger charge is 2.17. The molecule has 1 fully saturated rings. The molecule has 1 aromatic heterocycles. The van der Waals surface area contributed by atoms with Crippen molar-refractivity contribution in [1.82, 2.24) is 4.98 Å². The molecule has 22 heavy (non-hydrogen) atoms. The van der Waals surface area contributed by atoms with Crippen LogP contribution in [0.5, 0.6) is 5.75 Å². The lowest BCUT2D eigenvalue weighted by atomic mass is 9.95. The molecule has 0 aliphatic heterocycles. The minimum absolute atomic E-state index is 0.393. The first-order valence-electron chi connectivity index (χ1n) is 7.72. The predicted octanol–water partition coefficient (Wildman–Crippen LogP) is 3.09. The highest BCUT2D eigenvalue weighted by molar-refractivity contribution is 6.03. The lowest BCUT2D eigenvalue weighted by Crippen LogP contribution is -2.23. The molecule has 0 unspecified atom stereocenters. The maximum absolute atomic E-state index is 11.5. The van der Waals surface area contributed by atoms with E-state index in [0.29, 0.717) is 17.4 Å². The van der Waals surface area contributed by atoms with Gasteiger partial charge in [-0.15, -0.1) is 0 Å². The lowest BCUT2D eigenvalue weighted by molar-refractivity contribution is 0.0997. The second-order valence-corrected chi connectivity index (χ2v) is 5.78. The molecule has 1 aliphatic carbocycles. The number of benzene rings is 1. The van der Waals surface area contributed by atoms with Gasteiger partial charge >= 0.3 is 0 Å². The number of carbonyl (C=O) groups is 1. The van der Waals surface area contributed by atoms with Gasteiger partial charge in [0.1, 0.15) is 11.6 Å². The summed E-state index contributed by atoms with van der Waals surface area (Å²) in [5.74, 6) is 0.843. The Hall–Kier alpha value is -2.30. The number of hydrogen-bond acceptors (Lipinski definition) is 4. The second kappa shape index (κ2) is 6.22. The summed E-state index contributed by atoms with van der Waals surface area (Å²) in [5, 5.41) is 5.43. The van der Waals surface area contributed by atoms with Crippen molar-refractivity contribution in [1.29, 1.82) is 0 Å². The van der Waals surface area contributed by atoms with Gasteiger partial charge in [-0.05, 0) is 36.4 Å². The van der Waals surface area contributed by atoms with Crippen LogP contribution in [-0.2, 0) is 0 Å². The van der Waals surface area contributed by atoms with Crippen molar-refractivity contribution in [2.24, 2.45) is 5.73 Å². The lowest BCUT2D eigenvalue weighted by Gasteiger charge is -2.24. The number of anilines is 1. The summed E-state index contributed by atoms with van der Waals surface area (Å²) in [5.41, 5.74) is 5.81. The number of nitrogens with one attached hydrogen (secondary N) is 1. The van der Waals surface area contributed by atoms with E-state index < -0.39 is 5.91 Å². The van der Waals surface area contributed by atoms with Crippen LogP contribution in [0.25, 0.3) is 10.8 Å². The molecule has 0 bridgehead atoms. The molecule has 0 radical (unpaired) electrons. The molecule has 1 saturated carbocycles. The average Bonchev–Trinajstić information content (AvgIpc) is 2.55. The van der Waals surface area contributed by atoms with E-state index in [9.17, 15) is 4.79 Å². The zero-order valence-electron chi connectivity index (χ0n) is 12.8. The molecular formula is C17H21N3O2. The van der Waals surface area contributed by atoms with E-state index in [1.54, 1.807) is 12.3 Å². The van der Waals surface area contributed by atoms with Crippen LogP contribution in [0.15, 0.2) is 24.4 Å². The molecule has 1 aromatic carbocycles. The average molecular weight is 299 g/mol. The van der Waals surface area contributed by atoms with Crippen LogP contribution >= 0.6 is 0 Å². The van der Waals surface area contributed by atoms with Gasteiger partial charge in [0.15, 0.2) is 0 Å². The maximum atomic E-state index is 11.5. The number of nitrogens with zero attached hydrogens (tertiary/aromatic N) is 1. The Bertz CT molecular complexity index is 694. The van der Waals surface area contributed by atoms with Crippen molar-refractivity contribution < 1.29 is 9.53 Å². The van der Waals surface area contributed by atoms with E-state index in [0.717, 1.165) is 16.6 Å². The molecule has 0 spiro atoms. The molecule has 1 amide bonds. The van der Waals surface area contributed by atoms with E-state index in [4.69, 9.17) is 10.5 Å². The molecule has 2 aromatic rings. The first-order chi connectivity index (χ1) is 10.7. The zero-order chi connectivity index (χ0) is 15.5. The Labute approximate surface area is 129 Å². The third-order valence-electron chi connectivity index (χ3n) is 4.30. The first-order valence-corrected chi connectivity index (χ1v) is 7.72. The van der Waals surface area contributed by atoms with Crippen LogP contribution in [-0.4, -0.2) is 24.0 Å². The quantitative estimate of drug-likeness (QED) is 0.909. The molecule has 3 N–H and O–H groups in total. The minimum atomic E-state index is -0.489. The molecule has 1 aliphatic rings. The number of methoxy groups -OCH3 is 1. The Morgan fingerprint density at radius 3 is 2.77 bits per heavy atom. The highest BCUT2D eigenvalue weighted by Crippen LogP contribution is 2.31. The Morgan fingerprint density at radius 1 is 1.32 bits per heavy atom. The summed E-state index contributed by atoms with van der Waals surface area (Å²) in [6.45, 7) is 0. The Morgan fingerprint density at radius 2 is 2.09 bits per heavy atom. The topological polar surface area (TPSA) is 77.2 Å². The minimum Gasteiger partial charge on any atom is -0.496 e. The van der Waals surface area contributed by atoms with Crippen molar-refractivity contribution in [2.45, 2.75) is 38.1 Å². The summed E-state index contributed by atoms with van der Waals surface area (Å²) in [7, 11) is 1.54. The third kappa shape index (κ3) is 2.84. The van der Waals surface area contributed by atoms with Gasteiger partial charge in [0.05, 0.1) is 12.7 Å². The van der Waals surface area contributed by atoms with Gasteiger partial charge in [0.25, 0.3) is 5.91 Å². The van der Waals surface area contributed by atoms with Crippen molar-refractivity contribution >= 4 is 22.5 Å². The fraction of sp³-hybridized carbons (Fsp3) is 0.412. The van der Waals surface area contributed by atoms with Crippen LogP contribution < -0.4 is 15.8 Å². The molecule has 5 nitrogen and oxygen atoms in total. The smallest absolute Gasteiger partial charge is 0.252 e. The number of rotatable bonds is 4. The zero-order valence-corrected chi connectivity index (χ0v) is 12.8. The van der Waals surface area contributed by atoms with Gasteiger partial charge in [-0.1, -0.05) is 19.3 Å². The van der Waals surface area contributed by atoms with E-state index in [1.807, 2.05) is 12.1 Å². The Balaban J connectivity index is 2.01. The largest absolute Gasteiger partial charge is 0.496 e. The Kier molecular flexibility index (Phi) is 4.13. The fourth-order valence-corrected chi connectivity index (χ4v) is 3.12. The van der Waals surface area contributed by atoms with Crippen molar-refractivity contribution in [3.05, 3.63) is 30.0 Å². The molecule has 3 rings (SSSR count). The van der Waals surface area contributed by atoms with Crippen LogP contribution in [0.4, 0.5) is 5.82 Å². The highest BCUT2D eigenvalue weighted by atomic mass is 16.5. The maximum Gasteiger partial charge on any atom is 0.252 e. The summed E-state index contributed by atoms with van der Waals surface area (Å²) in [6.07, 6.45) is 7.94. The summed E-state index contributed by atoms with van der Waals surface area (Å²) in [6, 6.07) is 5.96. The van der Waals surface area contributed by atoms with Gasteiger partial charge in [-0.25, -0.2) is 4.98 Å². The van der Waals surface area contributed by atoms with Crippen LogP contribution in [0.2, 0.25) is 0 Å². The number of amides is 1. The molecule has 0 atom stereocenters. The van der Waals surface area contributed by atoms with Gasteiger partial charge in [-0.3, -0.25) is 4.79 Å². The van der Waals surface area contributed by atoms with Gasteiger partial charge < -0.3 is 15.8 Å². The van der Waals surface area contributed by atoms with Gasteiger partial charge in [0.2, 0.25) is 0 Å². The molecule has 116 valence electrons. The van der Waals surface area contributed by atoms with Crippen molar-refractivity contribution in [3.8, 4) is 5.75 Å². The van der Waals surface area contributed by atoms with Crippen molar-refractivity contribution in [3.63, 3.8) is 0 Å². The van der Waals surface area contributed by atoms with Gasteiger partial charge in [0, 0.05) is 17.6 Å². The standard InChI is InChI=1S/C17H21N3O2/c1-22-15-10-13-11(9-14(15)16(18)21)7-8-19-17(13)20-12-5-3-2-4-6-12/h7-10,12H,2-6H2,1H3,(H2,18,21)(H,19,20). The second-order valence-electron chi connectivity index (χ2n) is 5.78. The molecule has 5 heteroatoms. The van der Waals surface area contributed by atoms with E-state index in [1.165, 1.54) is 39.2 Å². The monoisotopic (exact) mass is 299 g/mol. The summed E-state index contributed by atoms with van der Waals surface area (Å²) < 4.78 is 5.30.